The lowest BCUT2D eigenvalue weighted by atomic mass is 10.1. The number of hydrogen-bond acceptors (Lipinski definition) is 5. The van der Waals surface area contributed by atoms with Gasteiger partial charge in [0.25, 0.3) is 11.1 Å². The molecule has 1 saturated heterocycles. The number of benzene rings is 2. The number of fused-ring (bicyclic) bond motifs is 1. The van der Waals surface area contributed by atoms with E-state index in [2.05, 4.69) is 10.3 Å². The third kappa shape index (κ3) is 3.87. The van der Waals surface area contributed by atoms with Crippen molar-refractivity contribution in [3.05, 3.63) is 56.9 Å². The number of carbonyl (C=O) groups is 3. The van der Waals surface area contributed by atoms with E-state index in [9.17, 15) is 19.5 Å². The number of halogens is 2. The summed E-state index contributed by atoms with van der Waals surface area (Å²) in [5.74, 6) is -1.00. The summed E-state index contributed by atoms with van der Waals surface area (Å²) in [6.45, 7) is -0.297. The van der Waals surface area contributed by atoms with Crippen LogP contribution in [0.4, 0.5) is 4.79 Å². The quantitative estimate of drug-likeness (QED) is 0.574. The molecule has 29 heavy (non-hydrogen) atoms. The summed E-state index contributed by atoms with van der Waals surface area (Å²) in [6, 6.07) is 10.2. The molecule has 4 rings (SSSR count). The van der Waals surface area contributed by atoms with E-state index in [0.717, 1.165) is 11.8 Å². The van der Waals surface area contributed by atoms with E-state index in [1.807, 2.05) is 0 Å². The Hall–Kier alpha value is -2.81. The normalized spacial score (nSPS) is 15.3. The number of thioether (sulfide) groups is 1. The van der Waals surface area contributed by atoms with Crippen LogP contribution in [0.2, 0.25) is 10.0 Å². The Morgan fingerprint density at radius 2 is 1.86 bits per heavy atom. The zero-order valence-corrected chi connectivity index (χ0v) is 16.8. The molecule has 0 unspecified atom stereocenters. The number of hydrogen-bond donors (Lipinski definition) is 2. The van der Waals surface area contributed by atoms with E-state index in [4.69, 9.17) is 23.2 Å². The Morgan fingerprint density at radius 3 is 2.48 bits per heavy atom. The SMILES string of the molecule is O=C(O)Cn1c(-c2ccc(/C=C3/SC(=O)NC3=O)cc2)nc2cc(Cl)c(Cl)cc21. The lowest BCUT2D eigenvalue weighted by molar-refractivity contribution is -0.137. The van der Waals surface area contributed by atoms with E-state index in [1.54, 1.807) is 47.0 Å². The maximum atomic E-state index is 11.7. The van der Waals surface area contributed by atoms with E-state index in [0.29, 0.717) is 42.9 Å². The van der Waals surface area contributed by atoms with Crippen LogP contribution in [0.1, 0.15) is 5.56 Å². The molecule has 2 aromatic carbocycles. The zero-order chi connectivity index (χ0) is 20.7. The fraction of sp³-hybridized carbons (Fsp3) is 0.0526. The standard InChI is InChI=1S/C19H11Cl2N3O4S/c20-11-6-13-14(7-12(11)21)24(8-16(25)26)17(22-13)10-3-1-9(2-4-10)5-15-18(27)23-19(28)29-15/h1-7H,8H2,(H,25,26)(H,23,27,28)/b15-5+. The van der Waals surface area contributed by atoms with E-state index in [1.165, 1.54) is 0 Å². The Bertz CT molecular complexity index is 1220. The molecule has 10 heteroatoms. The summed E-state index contributed by atoms with van der Waals surface area (Å²) in [5.41, 5.74) is 2.48. The van der Waals surface area contributed by atoms with Crippen molar-refractivity contribution >= 4 is 69.2 Å². The Kier molecular flexibility index (Phi) is 5.08. The average Bonchev–Trinajstić information content (AvgIpc) is 3.15. The second-order valence-corrected chi connectivity index (χ2v) is 7.97. The van der Waals surface area contributed by atoms with Gasteiger partial charge in [-0.3, -0.25) is 19.7 Å². The molecule has 0 bridgehead atoms. The van der Waals surface area contributed by atoms with Crippen LogP contribution in [-0.4, -0.2) is 31.8 Å². The molecule has 1 aliphatic heterocycles. The van der Waals surface area contributed by atoms with Gasteiger partial charge in [0.1, 0.15) is 12.4 Å². The molecule has 0 spiro atoms. The first-order valence-electron chi connectivity index (χ1n) is 8.24. The topological polar surface area (TPSA) is 101 Å². The zero-order valence-electron chi connectivity index (χ0n) is 14.5. The first kappa shape index (κ1) is 19.5. The lowest BCUT2D eigenvalue weighted by Gasteiger charge is -2.07. The third-order valence-corrected chi connectivity index (χ3v) is 5.73. The molecule has 2 amide bonds. The van der Waals surface area contributed by atoms with E-state index < -0.39 is 17.1 Å². The van der Waals surface area contributed by atoms with Crippen molar-refractivity contribution < 1.29 is 19.5 Å². The summed E-state index contributed by atoms with van der Waals surface area (Å²) in [4.78, 5) is 39.1. The van der Waals surface area contributed by atoms with Gasteiger partial charge in [0.05, 0.1) is 26.0 Å². The van der Waals surface area contributed by atoms with Gasteiger partial charge in [0.2, 0.25) is 0 Å². The number of carboxylic acid groups (broad SMARTS) is 1. The van der Waals surface area contributed by atoms with Gasteiger partial charge < -0.3 is 9.67 Å². The van der Waals surface area contributed by atoms with Crippen molar-refractivity contribution in [2.75, 3.05) is 0 Å². The number of nitrogens with zero attached hydrogens (tertiary/aromatic N) is 2. The van der Waals surface area contributed by atoms with Crippen molar-refractivity contribution in [3.8, 4) is 11.4 Å². The van der Waals surface area contributed by atoms with Crippen LogP contribution in [0, 0.1) is 0 Å². The number of imidazole rings is 1. The maximum absolute atomic E-state index is 11.7. The summed E-state index contributed by atoms with van der Waals surface area (Å²) in [7, 11) is 0. The summed E-state index contributed by atoms with van der Waals surface area (Å²) < 4.78 is 1.55. The van der Waals surface area contributed by atoms with Crippen molar-refractivity contribution in [3.63, 3.8) is 0 Å². The minimum absolute atomic E-state index is 0.297. The molecular weight excluding hydrogens is 437 g/mol. The van der Waals surface area contributed by atoms with E-state index in [-0.39, 0.29) is 6.54 Å². The summed E-state index contributed by atoms with van der Waals surface area (Å²) in [6.07, 6.45) is 1.61. The monoisotopic (exact) mass is 447 g/mol. The molecule has 0 saturated carbocycles. The smallest absolute Gasteiger partial charge is 0.323 e. The predicted octanol–water partition coefficient (Wildman–Crippen LogP) is 4.42. The molecule has 146 valence electrons. The number of aromatic nitrogens is 2. The lowest BCUT2D eigenvalue weighted by Crippen LogP contribution is -2.17. The third-order valence-electron chi connectivity index (χ3n) is 4.19. The van der Waals surface area contributed by atoms with Crippen LogP contribution >= 0.6 is 35.0 Å². The van der Waals surface area contributed by atoms with Crippen molar-refractivity contribution in [2.45, 2.75) is 6.54 Å². The molecule has 2 N–H and O–H groups in total. The number of imide groups is 1. The first-order chi connectivity index (χ1) is 13.8. The van der Waals surface area contributed by atoms with Crippen molar-refractivity contribution in [1.82, 2.24) is 14.9 Å². The summed E-state index contributed by atoms with van der Waals surface area (Å²) >= 11 is 13.0. The Balaban J connectivity index is 1.76. The fourth-order valence-electron chi connectivity index (χ4n) is 2.94. The number of rotatable bonds is 4. The summed E-state index contributed by atoms with van der Waals surface area (Å²) in [5, 5.41) is 11.7. The molecule has 0 atom stereocenters. The molecule has 2 heterocycles. The second kappa shape index (κ2) is 7.55. The average molecular weight is 448 g/mol. The van der Waals surface area contributed by atoms with Gasteiger partial charge in [-0.15, -0.1) is 0 Å². The fourth-order valence-corrected chi connectivity index (χ4v) is 3.93. The minimum atomic E-state index is -1.02. The van der Waals surface area contributed by atoms with Crippen LogP contribution in [0.25, 0.3) is 28.5 Å². The number of amides is 2. The van der Waals surface area contributed by atoms with Crippen LogP contribution in [0.5, 0.6) is 0 Å². The van der Waals surface area contributed by atoms with Gasteiger partial charge in [-0.05, 0) is 35.5 Å². The molecule has 1 aliphatic rings. The molecule has 1 fully saturated rings. The van der Waals surface area contributed by atoms with Crippen LogP contribution in [0.3, 0.4) is 0 Å². The Labute approximate surface area is 178 Å². The van der Waals surface area contributed by atoms with Crippen LogP contribution < -0.4 is 5.32 Å². The van der Waals surface area contributed by atoms with Crippen LogP contribution in [0.15, 0.2) is 41.3 Å². The minimum Gasteiger partial charge on any atom is -0.480 e. The van der Waals surface area contributed by atoms with Gasteiger partial charge in [-0.1, -0.05) is 47.5 Å². The molecule has 3 aromatic rings. The van der Waals surface area contributed by atoms with Crippen LogP contribution in [-0.2, 0) is 16.1 Å². The molecule has 0 aliphatic carbocycles. The van der Waals surface area contributed by atoms with E-state index >= 15 is 0 Å². The molecule has 0 radical (unpaired) electrons. The number of nitrogens with one attached hydrogen (secondary N) is 1. The predicted molar refractivity (Wildman–Crippen MR) is 112 cm³/mol. The highest BCUT2D eigenvalue weighted by atomic mass is 35.5. The van der Waals surface area contributed by atoms with Gasteiger partial charge in [-0.25, -0.2) is 4.98 Å². The number of carboxylic acids is 1. The van der Waals surface area contributed by atoms with Gasteiger partial charge >= 0.3 is 5.97 Å². The number of aliphatic carboxylic acids is 1. The highest BCUT2D eigenvalue weighted by molar-refractivity contribution is 8.18. The molecular formula is C19H11Cl2N3O4S. The van der Waals surface area contributed by atoms with Gasteiger partial charge in [0.15, 0.2) is 0 Å². The van der Waals surface area contributed by atoms with Gasteiger partial charge in [0, 0.05) is 5.56 Å². The van der Waals surface area contributed by atoms with Gasteiger partial charge in [-0.2, -0.15) is 0 Å². The highest BCUT2D eigenvalue weighted by Gasteiger charge is 2.25. The molecule has 1 aromatic heterocycles. The van der Waals surface area contributed by atoms with Crippen molar-refractivity contribution in [2.24, 2.45) is 0 Å². The largest absolute Gasteiger partial charge is 0.480 e. The first-order valence-corrected chi connectivity index (χ1v) is 9.81. The highest BCUT2D eigenvalue weighted by Crippen LogP contribution is 2.32. The van der Waals surface area contributed by atoms with Crippen molar-refractivity contribution in [1.29, 1.82) is 0 Å². The molecule has 7 nitrogen and oxygen atoms in total. The maximum Gasteiger partial charge on any atom is 0.323 e. The second-order valence-electron chi connectivity index (χ2n) is 6.14. The number of carbonyl (C=O) groups excluding carboxylic acids is 2. The Morgan fingerprint density at radius 1 is 1.17 bits per heavy atom.